The van der Waals surface area contributed by atoms with Crippen LogP contribution >= 0.6 is 0 Å². The van der Waals surface area contributed by atoms with Crippen molar-refractivity contribution in [1.29, 1.82) is 0 Å². The van der Waals surface area contributed by atoms with E-state index in [9.17, 15) is 9.59 Å². The van der Waals surface area contributed by atoms with Crippen molar-refractivity contribution in [3.8, 4) is 0 Å². The molecule has 25 heavy (non-hydrogen) atoms. The number of nitrogens with one attached hydrogen (secondary N) is 1. The van der Waals surface area contributed by atoms with E-state index < -0.39 is 5.97 Å². The summed E-state index contributed by atoms with van der Waals surface area (Å²) in [6.07, 6.45) is 0. The third-order valence-corrected chi connectivity index (χ3v) is 3.93. The molecule has 1 amide bonds. The van der Waals surface area contributed by atoms with Gasteiger partial charge in [0.2, 0.25) is 5.76 Å². The lowest BCUT2D eigenvalue weighted by atomic mass is 10.1. The number of carboxylic acids is 1. The maximum atomic E-state index is 12.6. The fraction of sp³-hybridized carbons (Fsp3) is 0.294. The minimum atomic E-state index is -1.13. The number of nitrogens with zero attached hydrogens (tertiary/aromatic N) is 3. The van der Waals surface area contributed by atoms with Crippen LogP contribution in [0, 0.1) is 20.8 Å². The van der Waals surface area contributed by atoms with E-state index in [-0.39, 0.29) is 18.2 Å². The van der Waals surface area contributed by atoms with Gasteiger partial charge in [0.25, 0.3) is 5.91 Å². The fourth-order valence-corrected chi connectivity index (χ4v) is 2.86. The van der Waals surface area contributed by atoms with Crippen LogP contribution in [0.4, 0.5) is 0 Å². The Kier molecular flexibility index (Phi) is 4.03. The number of pyridine rings is 1. The number of carbonyl (C=O) groups excluding carboxylic acids is 1. The monoisotopic (exact) mass is 342 g/mol. The zero-order valence-electron chi connectivity index (χ0n) is 14.4. The molecule has 3 aromatic rings. The quantitative estimate of drug-likeness (QED) is 0.751. The van der Waals surface area contributed by atoms with E-state index in [4.69, 9.17) is 9.52 Å². The molecule has 0 saturated heterocycles. The van der Waals surface area contributed by atoms with Gasteiger partial charge in [-0.1, -0.05) is 0 Å². The van der Waals surface area contributed by atoms with E-state index in [1.165, 1.54) is 0 Å². The summed E-state index contributed by atoms with van der Waals surface area (Å²) >= 11 is 0. The van der Waals surface area contributed by atoms with Gasteiger partial charge in [0.1, 0.15) is 5.76 Å². The molecule has 8 nitrogen and oxygen atoms in total. The Morgan fingerprint density at radius 3 is 2.64 bits per heavy atom. The molecule has 3 aromatic heterocycles. The highest BCUT2D eigenvalue weighted by Crippen LogP contribution is 2.22. The Morgan fingerprint density at radius 2 is 2.00 bits per heavy atom. The summed E-state index contributed by atoms with van der Waals surface area (Å²) in [4.78, 5) is 28.1. The summed E-state index contributed by atoms with van der Waals surface area (Å²) in [6.45, 7) is 5.38. The second-order valence-electron chi connectivity index (χ2n) is 5.93. The third-order valence-electron chi connectivity index (χ3n) is 3.93. The van der Waals surface area contributed by atoms with E-state index in [2.05, 4.69) is 15.4 Å². The van der Waals surface area contributed by atoms with Crippen LogP contribution in [0.3, 0.4) is 0 Å². The highest BCUT2D eigenvalue weighted by Gasteiger charge is 2.19. The average molecular weight is 342 g/mol. The smallest absolute Gasteiger partial charge is 0.372 e. The number of amides is 1. The topological polar surface area (TPSA) is 110 Å². The number of fused-ring (bicyclic) bond motifs is 1. The second kappa shape index (κ2) is 6.04. The van der Waals surface area contributed by atoms with E-state index in [0.717, 1.165) is 5.69 Å². The van der Waals surface area contributed by atoms with Gasteiger partial charge in [-0.25, -0.2) is 9.78 Å². The van der Waals surface area contributed by atoms with E-state index in [1.54, 1.807) is 30.8 Å². The highest BCUT2D eigenvalue weighted by atomic mass is 16.4. The summed E-state index contributed by atoms with van der Waals surface area (Å²) in [5.74, 6) is -1.16. The maximum absolute atomic E-state index is 12.6. The van der Waals surface area contributed by atoms with Crippen LogP contribution in [0.5, 0.6) is 0 Å². The first kappa shape index (κ1) is 16.7. The summed E-state index contributed by atoms with van der Waals surface area (Å²) in [5, 5.41) is 16.8. The van der Waals surface area contributed by atoms with E-state index in [0.29, 0.717) is 33.6 Å². The van der Waals surface area contributed by atoms with Gasteiger partial charge in [-0.15, -0.1) is 0 Å². The zero-order chi connectivity index (χ0) is 18.3. The SMILES string of the molecule is Cc1cc(C(=O)NCc2cc(C)c(C(=O)O)o2)c2c(C)nn(C)c2n1. The van der Waals surface area contributed by atoms with Crippen LogP contribution in [0.2, 0.25) is 0 Å². The minimum Gasteiger partial charge on any atom is -0.475 e. The largest absolute Gasteiger partial charge is 0.475 e. The van der Waals surface area contributed by atoms with Crippen molar-refractivity contribution in [3.63, 3.8) is 0 Å². The lowest BCUT2D eigenvalue weighted by Gasteiger charge is -2.06. The molecule has 0 aliphatic carbocycles. The number of carbonyl (C=O) groups is 2. The molecule has 2 N–H and O–H groups in total. The number of aryl methyl sites for hydroxylation is 4. The number of aromatic nitrogens is 3. The van der Waals surface area contributed by atoms with E-state index >= 15 is 0 Å². The van der Waals surface area contributed by atoms with Crippen LogP contribution in [0.25, 0.3) is 11.0 Å². The van der Waals surface area contributed by atoms with Crippen molar-refractivity contribution in [3.05, 3.63) is 46.2 Å². The molecular formula is C17H18N4O4. The Morgan fingerprint density at radius 1 is 1.28 bits per heavy atom. The first-order valence-corrected chi connectivity index (χ1v) is 7.69. The molecule has 0 saturated carbocycles. The van der Waals surface area contributed by atoms with Crippen molar-refractivity contribution < 1.29 is 19.1 Å². The number of hydrogen-bond acceptors (Lipinski definition) is 5. The molecular weight excluding hydrogens is 324 g/mol. The Hall–Kier alpha value is -3.16. The number of hydrogen-bond donors (Lipinski definition) is 2. The zero-order valence-corrected chi connectivity index (χ0v) is 14.4. The summed E-state index contributed by atoms with van der Waals surface area (Å²) in [6, 6.07) is 3.31. The van der Waals surface area contributed by atoms with Gasteiger partial charge in [0, 0.05) is 18.3 Å². The van der Waals surface area contributed by atoms with Gasteiger partial charge in [-0.3, -0.25) is 9.48 Å². The van der Waals surface area contributed by atoms with Crippen LogP contribution < -0.4 is 5.32 Å². The molecule has 0 atom stereocenters. The second-order valence-corrected chi connectivity index (χ2v) is 5.93. The van der Waals surface area contributed by atoms with Crippen LogP contribution in [-0.2, 0) is 13.6 Å². The summed E-state index contributed by atoms with van der Waals surface area (Å²) in [5.41, 5.74) is 3.07. The lowest BCUT2D eigenvalue weighted by molar-refractivity contribution is 0.0659. The fourth-order valence-electron chi connectivity index (χ4n) is 2.86. The first-order valence-electron chi connectivity index (χ1n) is 7.69. The molecule has 130 valence electrons. The first-order chi connectivity index (χ1) is 11.8. The molecule has 0 spiro atoms. The van der Waals surface area contributed by atoms with Crippen molar-refractivity contribution in [2.24, 2.45) is 7.05 Å². The third kappa shape index (κ3) is 2.98. The molecule has 3 heterocycles. The molecule has 0 aromatic carbocycles. The average Bonchev–Trinajstić information content (AvgIpc) is 3.04. The van der Waals surface area contributed by atoms with Crippen molar-refractivity contribution in [2.45, 2.75) is 27.3 Å². The Balaban J connectivity index is 1.88. The number of rotatable bonds is 4. The van der Waals surface area contributed by atoms with E-state index in [1.807, 2.05) is 13.8 Å². The molecule has 0 aliphatic heterocycles. The molecule has 0 bridgehead atoms. The molecule has 0 aliphatic rings. The highest BCUT2D eigenvalue weighted by molar-refractivity contribution is 6.06. The van der Waals surface area contributed by atoms with Crippen LogP contribution in [-0.4, -0.2) is 31.7 Å². The van der Waals surface area contributed by atoms with Gasteiger partial charge >= 0.3 is 5.97 Å². The normalized spacial score (nSPS) is 11.0. The summed E-state index contributed by atoms with van der Waals surface area (Å²) in [7, 11) is 1.78. The number of furan rings is 1. The predicted octanol–water partition coefficient (Wildman–Crippen LogP) is 2.11. The Bertz CT molecular complexity index is 1000. The van der Waals surface area contributed by atoms with Gasteiger partial charge in [0.15, 0.2) is 5.65 Å². The lowest BCUT2D eigenvalue weighted by Crippen LogP contribution is -2.23. The number of aromatic carboxylic acids is 1. The summed E-state index contributed by atoms with van der Waals surface area (Å²) < 4.78 is 6.90. The predicted molar refractivity (Wildman–Crippen MR) is 89.6 cm³/mol. The standard InChI is InChI=1S/C17H18N4O4/c1-8-5-11(25-14(8)17(23)24)7-18-16(22)12-6-9(2)19-15-13(12)10(3)20-21(15)4/h5-6H,7H2,1-4H3,(H,18,22)(H,23,24). The number of carboxylic acid groups (broad SMARTS) is 1. The van der Waals surface area contributed by atoms with Crippen LogP contribution in [0.15, 0.2) is 16.5 Å². The van der Waals surface area contributed by atoms with Crippen LogP contribution in [0.1, 0.15) is 43.6 Å². The van der Waals surface area contributed by atoms with Gasteiger partial charge in [0.05, 0.1) is 23.2 Å². The maximum Gasteiger partial charge on any atom is 0.372 e. The Labute approximate surface area is 143 Å². The molecule has 0 unspecified atom stereocenters. The van der Waals surface area contributed by atoms with Crippen molar-refractivity contribution in [1.82, 2.24) is 20.1 Å². The van der Waals surface area contributed by atoms with Crippen molar-refractivity contribution in [2.75, 3.05) is 0 Å². The van der Waals surface area contributed by atoms with Crippen molar-refractivity contribution >= 4 is 22.9 Å². The minimum absolute atomic E-state index is 0.0924. The van der Waals surface area contributed by atoms with Gasteiger partial charge in [-0.05, 0) is 32.9 Å². The molecule has 8 heteroatoms. The molecule has 0 fully saturated rings. The molecule has 3 rings (SSSR count). The molecule has 0 radical (unpaired) electrons. The van der Waals surface area contributed by atoms with Gasteiger partial charge < -0.3 is 14.8 Å². The van der Waals surface area contributed by atoms with Gasteiger partial charge in [-0.2, -0.15) is 5.10 Å².